The highest BCUT2D eigenvalue weighted by molar-refractivity contribution is 5.87. The molecule has 0 N–H and O–H groups in total. The van der Waals surface area contributed by atoms with Gasteiger partial charge in [0.05, 0.1) is 31.0 Å². The molecule has 1 aromatic heterocycles. The zero-order chi connectivity index (χ0) is 13.1. The summed E-state index contributed by atoms with van der Waals surface area (Å²) in [6.07, 6.45) is 0.727. The Hall–Kier alpha value is -2.30. The van der Waals surface area contributed by atoms with E-state index in [1.165, 1.54) is 0 Å². The Morgan fingerprint density at radius 3 is 2.67 bits per heavy atom. The van der Waals surface area contributed by atoms with Crippen molar-refractivity contribution in [2.45, 2.75) is 6.92 Å². The summed E-state index contributed by atoms with van der Waals surface area (Å²) in [6.45, 7) is 1.72. The number of rotatable bonds is 4. The summed E-state index contributed by atoms with van der Waals surface area (Å²) in [5, 5.41) is 3.79. The molecule has 0 amide bonds. The van der Waals surface area contributed by atoms with Gasteiger partial charge in [0.15, 0.2) is 12.0 Å². The third-order valence-electron chi connectivity index (χ3n) is 2.68. The maximum absolute atomic E-state index is 11.0. The SMILES string of the molecule is COc1ccc(-c2onc(C)c2C=O)c(OC)c1. The summed E-state index contributed by atoms with van der Waals surface area (Å²) in [7, 11) is 3.12. The predicted molar refractivity (Wildman–Crippen MR) is 65.2 cm³/mol. The fraction of sp³-hybridized carbons (Fsp3) is 0.231. The first-order valence-electron chi connectivity index (χ1n) is 5.35. The van der Waals surface area contributed by atoms with Gasteiger partial charge in [0.25, 0.3) is 0 Å². The van der Waals surface area contributed by atoms with Crippen LogP contribution in [0.2, 0.25) is 0 Å². The maximum atomic E-state index is 11.0. The first-order valence-corrected chi connectivity index (χ1v) is 5.35. The van der Waals surface area contributed by atoms with Gasteiger partial charge in [-0.25, -0.2) is 0 Å². The number of aromatic nitrogens is 1. The van der Waals surface area contributed by atoms with E-state index in [2.05, 4.69) is 5.16 Å². The van der Waals surface area contributed by atoms with Crippen LogP contribution in [0.1, 0.15) is 16.1 Å². The number of benzene rings is 1. The lowest BCUT2D eigenvalue weighted by molar-refractivity contribution is 0.112. The van der Waals surface area contributed by atoms with Gasteiger partial charge in [0.1, 0.15) is 11.5 Å². The second-order valence-electron chi connectivity index (χ2n) is 3.69. The first kappa shape index (κ1) is 12.2. The summed E-state index contributed by atoms with van der Waals surface area (Å²) in [6, 6.07) is 5.26. The molecule has 0 saturated heterocycles. The molecule has 2 rings (SSSR count). The topological polar surface area (TPSA) is 61.6 Å². The fourth-order valence-electron chi connectivity index (χ4n) is 1.70. The van der Waals surface area contributed by atoms with Crippen LogP contribution >= 0.6 is 0 Å². The molecule has 0 spiro atoms. The van der Waals surface area contributed by atoms with Crippen molar-refractivity contribution >= 4 is 6.29 Å². The predicted octanol–water partition coefficient (Wildman–Crippen LogP) is 2.48. The van der Waals surface area contributed by atoms with Crippen LogP contribution < -0.4 is 9.47 Å². The molecular formula is C13H13NO4. The Morgan fingerprint density at radius 2 is 2.06 bits per heavy atom. The normalized spacial score (nSPS) is 10.2. The van der Waals surface area contributed by atoms with Crippen molar-refractivity contribution in [3.05, 3.63) is 29.5 Å². The van der Waals surface area contributed by atoms with Crippen LogP contribution in [0.4, 0.5) is 0 Å². The quantitative estimate of drug-likeness (QED) is 0.777. The van der Waals surface area contributed by atoms with E-state index in [-0.39, 0.29) is 0 Å². The molecule has 1 heterocycles. The van der Waals surface area contributed by atoms with Crippen molar-refractivity contribution in [3.63, 3.8) is 0 Å². The molecule has 1 aromatic carbocycles. The zero-order valence-corrected chi connectivity index (χ0v) is 10.4. The Morgan fingerprint density at radius 1 is 1.28 bits per heavy atom. The van der Waals surface area contributed by atoms with Gasteiger partial charge in [0, 0.05) is 6.07 Å². The molecule has 5 nitrogen and oxygen atoms in total. The number of aryl methyl sites for hydroxylation is 1. The van der Waals surface area contributed by atoms with E-state index in [1.807, 2.05) is 0 Å². The molecule has 0 saturated carbocycles. The van der Waals surface area contributed by atoms with Crippen LogP contribution in [-0.2, 0) is 0 Å². The van der Waals surface area contributed by atoms with E-state index in [9.17, 15) is 4.79 Å². The largest absolute Gasteiger partial charge is 0.497 e. The molecule has 0 fully saturated rings. The monoisotopic (exact) mass is 247 g/mol. The number of hydrogen-bond donors (Lipinski definition) is 0. The summed E-state index contributed by atoms with van der Waals surface area (Å²) < 4.78 is 15.6. The first-order chi connectivity index (χ1) is 8.71. The van der Waals surface area contributed by atoms with Crippen molar-refractivity contribution in [1.29, 1.82) is 0 Å². The zero-order valence-electron chi connectivity index (χ0n) is 10.4. The maximum Gasteiger partial charge on any atom is 0.181 e. The average molecular weight is 247 g/mol. The minimum absolute atomic E-state index is 0.405. The van der Waals surface area contributed by atoms with Gasteiger partial charge in [-0.15, -0.1) is 0 Å². The van der Waals surface area contributed by atoms with Gasteiger partial charge >= 0.3 is 0 Å². The number of carbonyl (C=O) groups excluding carboxylic acids is 1. The van der Waals surface area contributed by atoms with Gasteiger partial charge in [0.2, 0.25) is 0 Å². The summed E-state index contributed by atoms with van der Waals surface area (Å²) in [5.74, 6) is 1.63. The molecular weight excluding hydrogens is 234 g/mol. The van der Waals surface area contributed by atoms with Crippen LogP contribution in [0.25, 0.3) is 11.3 Å². The van der Waals surface area contributed by atoms with E-state index in [4.69, 9.17) is 14.0 Å². The molecule has 0 radical (unpaired) electrons. The second-order valence-corrected chi connectivity index (χ2v) is 3.69. The van der Waals surface area contributed by atoms with Crippen LogP contribution in [0.5, 0.6) is 11.5 Å². The van der Waals surface area contributed by atoms with Crippen molar-refractivity contribution in [3.8, 4) is 22.8 Å². The molecule has 2 aromatic rings. The van der Waals surface area contributed by atoms with Gasteiger partial charge in [-0.2, -0.15) is 0 Å². The number of ether oxygens (including phenoxy) is 2. The van der Waals surface area contributed by atoms with Crippen LogP contribution in [0, 0.1) is 6.92 Å². The summed E-state index contributed by atoms with van der Waals surface area (Å²) >= 11 is 0. The smallest absolute Gasteiger partial charge is 0.181 e. The van der Waals surface area contributed by atoms with Crippen molar-refractivity contribution < 1.29 is 18.8 Å². The lowest BCUT2D eigenvalue weighted by Gasteiger charge is -2.08. The highest BCUT2D eigenvalue weighted by Crippen LogP contribution is 2.35. The van der Waals surface area contributed by atoms with Crippen LogP contribution in [0.3, 0.4) is 0 Å². The highest BCUT2D eigenvalue weighted by Gasteiger charge is 2.18. The second kappa shape index (κ2) is 4.91. The van der Waals surface area contributed by atoms with E-state index in [1.54, 1.807) is 39.3 Å². The number of carbonyl (C=O) groups is 1. The van der Waals surface area contributed by atoms with E-state index in [0.29, 0.717) is 34.1 Å². The van der Waals surface area contributed by atoms with Crippen molar-refractivity contribution in [2.75, 3.05) is 14.2 Å². The molecule has 18 heavy (non-hydrogen) atoms. The number of nitrogens with zero attached hydrogens (tertiary/aromatic N) is 1. The van der Waals surface area contributed by atoms with E-state index in [0.717, 1.165) is 6.29 Å². The third kappa shape index (κ3) is 1.95. The lowest BCUT2D eigenvalue weighted by Crippen LogP contribution is -1.92. The Kier molecular flexibility index (Phi) is 3.32. The molecule has 0 aliphatic carbocycles. The molecule has 0 atom stereocenters. The van der Waals surface area contributed by atoms with Gasteiger partial charge in [-0.1, -0.05) is 5.16 Å². The highest BCUT2D eigenvalue weighted by atomic mass is 16.5. The van der Waals surface area contributed by atoms with E-state index < -0.39 is 0 Å². The summed E-state index contributed by atoms with van der Waals surface area (Å²) in [5.41, 5.74) is 1.65. The Labute approximate surface area is 104 Å². The molecule has 5 heteroatoms. The third-order valence-corrected chi connectivity index (χ3v) is 2.68. The van der Waals surface area contributed by atoms with Crippen LogP contribution in [0.15, 0.2) is 22.7 Å². The number of methoxy groups -OCH3 is 2. The Bertz CT molecular complexity index is 574. The number of hydrogen-bond acceptors (Lipinski definition) is 5. The molecule has 94 valence electrons. The molecule has 0 bridgehead atoms. The minimum atomic E-state index is 0.405. The van der Waals surface area contributed by atoms with Crippen molar-refractivity contribution in [2.24, 2.45) is 0 Å². The van der Waals surface area contributed by atoms with Crippen molar-refractivity contribution in [1.82, 2.24) is 5.16 Å². The molecule has 0 aliphatic heterocycles. The molecule has 0 aliphatic rings. The molecule has 0 unspecified atom stereocenters. The fourth-order valence-corrected chi connectivity index (χ4v) is 1.70. The van der Waals surface area contributed by atoms with Gasteiger partial charge in [-0.3, -0.25) is 4.79 Å². The van der Waals surface area contributed by atoms with Gasteiger partial charge < -0.3 is 14.0 Å². The lowest BCUT2D eigenvalue weighted by atomic mass is 10.1. The standard InChI is InChI=1S/C13H13NO4/c1-8-11(7-15)13(18-14-8)10-5-4-9(16-2)6-12(10)17-3/h4-7H,1-3H3. The van der Waals surface area contributed by atoms with Gasteiger partial charge in [-0.05, 0) is 19.1 Å². The van der Waals surface area contributed by atoms with Crippen LogP contribution in [-0.4, -0.2) is 25.7 Å². The summed E-state index contributed by atoms with van der Waals surface area (Å²) in [4.78, 5) is 11.0. The number of aldehydes is 1. The minimum Gasteiger partial charge on any atom is -0.497 e. The average Bonchev–Trinajstić information content (AvgIpc) is 2.78. The Balaban J connectivity index is 2.59. The van der Waals surface area contributed by atoms with E-state index >= 15 is 0 Å².